The number of rotatable bonds is 4. The standard InChI is InChI=1S/C19H17Cl2F2NO2/c20-11-4-6-13(15(21)9-11)18(14-7-5-12(22)10-16(14)23)24-8-2-1-3-17(24)19(25)26/h4-7,9-10,17-18H,1-3,8H2,(H,25,26). The van der Waals surface area contributed by atoms with Crippen LogP contribution in [0.5, 0.6) is 0 Å². The summed E-state index contributed by atoms with van der Waals surface area (Å²) in [6.07, 6.45) is 2.02. The highest BCUT2D eigenvalue weighted by Gasteiger charge is 2.37. The molecule has 2 aromatic rings. The Hall–Kier alpha value is -1.69. The summed E-state index contributed by atoms with van der Waals surface area (Å²) in [5.41, 5.74) is 0.721. The van der Waals surface area contributed by atoms with Crippen LogP contribution in [-0.2, 0) is 4.79 Å². The van der Waals surface area contributed by atoms with Gasteiger partial charge in [0, 0.05) is 21.7 Å². The second kappa shape index (κ2) is 7.91. The lowest BCUT2D eigenvalue weighted by Crippen LogP contribution is -2.47. The monoisotopic (exact) mass is 399 g/mol. The number of piperidine rings is 1. The van der Waals surface area contributed by atoms with E-state index in [1.54, 1.807) is 17.0 Å². The van der Waals surface area contributed by atoms with E-state index in [4.69, 9.17) is 23.2 Å². The first-order chi connectivity index (χ1) is 12.4. The predicted octanol–water partition coefficient (Wildman–Crippen LogP) is 5.30. The van der Waals surface area contributed by atoms with Gasteiger partial charge in [-0.1, -0.05) is 41.8 Å². The molecule has 138 valence electrons. The molecule has 7 heteroatoms. The van der Waals surface area contributed by atoms with Crippen molar-refractivity contribution in [1.82, 2.24) is 4.90 Å². The molecule has 0 bridgehead atoms. The molecule has 3 nitrogen and oxygen atoms in total. The minimum absolute atomic E-state index is 0.184. The van der Waals surface area contributed by atoms with Gasteiger partial charge in [-0.25, -0.2) is 8.78 Å². The minimum Gasteiger partial charge on any atom is -0.480 e. The van der Waals surface area contributed by atoms with E-state index in [1.165, 1.54) is 12.1 Å². The van der Waals surface area contributed by atoms with E-state index < -0.39 is 29.7 Å². The molecule has 1 N–H and O–H groups in total. The zero-order valence-corrected chi connectivity index (χ0v) is 15.3. The number of carboxylic acids is 1. The van der Waals surface area contributed by atoms with E-state index in [1.807, 2.05) is 0 Å². The van der Waals surface area contributed by atoms with Gasteiger partial charge in [0.05, 0.1) is 6.04 Å². The quantitative estimate of drug-likeness (QED) is 0.757. The van der Waals surface area contributed by atoms with Crippen molar-refractivity contribution < 1.29 is 18.7 Å². The molecule has 1 saturated heterocycles. The van der Waals surface area contributed by atoms with Crippen LogP contribution in [0.4, 0.5) is 8.78 Å². The Labute approximate surface area is 160 Å². The van der Waals surface area contributed by atoms with Gasteiger partial charge >= 0.3 is 5.97 Å². The topological polar surface area (TPSA) is 40.5 Å². The molecule has 0 radical (unpaired) electrons. The van der Waals surface area contributed by atoms with Crippen molar-refractivity contribution in [1.29, 1.82) is 0 Å². The fourth-order valence-electron chi connectivity index (χ4n) is 3.50. The number of aliphatic carboxylic acids is 1. The average molecular weight is 400 g/mol. The van der Waals surface area contributed by atoms with Gasteiger partial charge in [-0.3, -0.25) is 9.69 Å². The molecular formula is C19H17Cl2F2NO2. The summed E-state index contributed by atoms with van der Waals surface area (Å²) in [7, 11) is 0. The fourth-order valence-corrected chi connectivity index (χ4v) is 4.01. The highest BCUT2D eigenvalue weighted by Crippen LogP contribution is 2.39. The number of carboxylic acid groups (broad SMARTS) is 1. The van der Waals surface area contributed by atoms with Gasteiger partial charge in [0.2, 0.25) is 0 Å². The van der Waals surface area contributed by atoms with Crippen molar-refractivity contribution in [3.63, 3.8) is 0 Å². The summed E-state index contributed by atoms with van der Waals surface area (Å²) in [5.74, 6) is -2.40. The first kappa shape index (κ1) is 19.1. The van der Waals surface area contributed by atoms with Crippen LogP contribution in [0.25, 0.3) is 0 Å². The fraction of sp³-hybridized carbons (Fsp3) is 0.316. The molecule has 0 aromatic heterocycles. The van der Waals surface area contributed by atoms with Crippen molar-refractivity contribution in [3.05, 3.63) is 69.2 Å². The minimum atomic E-state index is -0.970. The van der Waals surface area contributed by atoms with Crippen molar-refractivity contribution >= 4 is 29.2 Å². The van der Waals surface area contributed by atoms with Crippen molar-refractivity contribution in [2.75, 3.05) is 6.54 Å². The SMILES string of the molecule is O=C(O)C1CCCCN1C(c1ccc(F)cc1F)c1ccc(Cl)cc1Cl. The van der Waals surface area contributed by atoms with Gasteiger partial charge in [0.1, 0.15) is 17.7 Å². The lowest BCUT2D eigenvalue weighted by Gasteiger charge is -2.40. The molecule has 0 amide bonds. The van der Waals surface area contributed by atoms with Crippen LogP contribution in [0.3, 0.4) is 0 Å². The van der Waals surface area contributed by atoms with Crippen molar-refractivity contribution in [3.8, 4) is 0 Å². The second-order valence-corrected chi connectivity index (χ2v) is 7.17. The molecule has 1 heterocycles. The first-order valence-electron chi connectivity index (χ1n) is 8.27. The normalized spacial score (nSPS) is 19.3. The van der Waals surface area contributed by atoms with Gasteiger partial charge < -0.3 is 5.11 Å². The summed E-state index contributed by atoms with van der Waals surface area (Å²) < 4.78 is 28.0. The third-order valence-corrected chi connectivity index (χ3v) is 5.24. The summed E-state index contributed by atoms with van der Waals surface area (Å²) in [6, 6.07) is 6.59. The van der Waals surface area contributed by atoms with Crippen LogP contribution in [0.15, 0.2) is 36.4 Å². The van der Waals surface area contributed by atoms with E-state index in [0.29, 0.717) is 28.6 Å². The van der Waals surface area contributed by atoms with Gasteiger partial charge in [-0.15, -0.1) is 0 Å². The zero-order valence-electron chi connectivity index (χ0n) is 13.8. The predicted molar refractivity (Wildman–Crippen MR) is 96.6 cm³/mol. The number of carbonyl (C=O) groups is 1. The third kappa shape index (κ3) is 3.85. The molecule has 3 rings (SSSR count). The van der Waals surface area contributed by atoms with Gasteiger partial charge in [-0.2, -0.15) is 0 Å². The van der Waals surface area contributed by atoms with Crippen LogP contribution in [0.2, 0.25) is 10.0 Å². The maximum absolute atomic E-state index is 14.6. The van der Waals surface area contributed by atoms with E-state index >= 15 is 0 Å². The van der Waals surface area contributed by atoms with E-state index in [-0.39, 0.29) is 5.56 Å². The number of nitrogens with zero attached hydrogens (tertiary/aromatic N) is 1. The zero-order chi connectivity index (χ0) is 18.8. The van der Waals surface area contributed by atoms with Crippen LogP contribution < -0.4 is 0 Å². The molecule has 26 heavy (non-hydrogen) atoms. The summed E-state index contributed by atoms with van der Waals surface area (Å²) in [6.45, 7) is 0.470. The Kier molecular flexibility index (Phi) is 5.80. The molecule has 2 unspecified atom stereocenters. The van der Waals surface area contributed by atoms with Crippen LogP contribution in [-0.4, -0.2) is 28.6 Å². The van der Waals surface area contributed by atoms with Crippen LogP contribution in [0.1, 0.15) is 36.4 Å². The molecule has 1 fully saturated rings. The lowest BCUT2D eigenvalue weighted by molar-refractivity contribution is -0.145. The van der Waals surface area contributed by atoms with Crippen LogP contribution >= 0.6 is 23.2 Å². The number of likely N-dealkylation sites (tertiary alicyclic amines) is 1. The molecule has 2 aromatic carbocycles. The molecule has 2 atom stereocenters. The molecule has 1 aliphatic heterocycles. The van der Waals surface area contributed by atoms with Crippen molar-refractivity contribution in [2.45, 2.75) is 31.3 Å². The number of benzene rings is 2. The highest BCUT2D eigenvalue weighted by molar-refractivity contribution is 6.35. The van der Waals surface area contributed by atoms with E-state index in [0.717, 1.165) is 25.0 Å². The van der Waals surface area contributed by atoms with E-state index in [2.05, 4.69) is 0 Å². The van der Waals surface area contributed by atoms with Crippen LogP contribution in [0, 0.1) is 11.6 Å². The molecular weight excluding hydrogens is 383 g/mol. The third-order valence-electron chi connectivity index (χ3n) is 4.68. The number of hydrogen-bond donors (Lipinski definition) is 1. The Morgan fingerprint density at radius 1 is 1.12 bits per heavy atom. The smallest absolute Gasteiger partial charge is 0.320 e. The lowest BCUT2D eigenvalue weighted by atomic mass is 9.91. The Balaban J connectivity index is 2.16. The molecule has 0 aliphatic carbocycles. The number of hydrogen-bond acceptors (Lipinski definition) is 2. The van der Waals surface area contributed by atoms with Gasteiger partial charge in [0.15, 0.2) is 0 Å². The molecule has 1 aliphatic rings. The Morgan fingerprint density at radius 3 is 2.50 bits per heavy atom. The second-order valence-electron chi connectivity index (χ2n) is 6.32. The largest absolute Gasteiger partial charge is 0.480 e. The average Bonchev–Trinajstić information content (AvgIpc) is 2.59. The van der Waals surface area contributed by atoms with Gasteiger partial charge in [-0.05, 0) is 43.1 Å². The Bertz CT molecular complexity index is 780. The highest BCUT2D eigenvalue weighted by atomic mass is 35.5. The van der Waals surface area contributed by atoms with Crippen molar-refractivity contribution in [2.24, 2.45) is 0 Å². The molecule has 0 spiro atoms. The summed E-state index contributed by atoms with van der Waals surface area (Å²) in [5, 5.41) is 10.4. The number of halogens is 4. The van der Waals surface area contributed by atoms with E-state index in [9.17, 15) is 18.7 Å². The maximum Gasteiger partial charge on any atom is 0.320 e. The molecule has 0 saturated carbocycles. The summed E-state index contributed by atoms with van der Waals surface area (Å²) >= 11 is 12.3. The first-order valence-corrected chi connectivity index (χ1v) is 9.02. The Morgan fingerprint density at radius 2 is 1.85 bits per heavy atom. The maximum atomic E-state index is 14.6. The summed E-state index contributed by atoms with van der Waals surface area (Å²) in [4.78, 5) is 13.5. The van der Waals surface area contributed by atoms with Gasteiger partial charge in [0.25, 0.3) is 0 Å².